The van der Waals surface area contributed by atoms with E-state index in [1.807, 2.05) is 0 Å². The van der Waals surface area contributed by atoms with Gasteiger partial charge in [-0.25, -0.2) is 0 Å². The van der Waals surface area contributed by atoms with Gasteiger partial charge >= 0.3 is 0 Å². The molecule has 2 N–H and O–H groups in total. The molecule has 0 saturated carbocycles. The fourth-order valence-electron chi connectivity index (χ4n) is 2.73. The van der Waals surface area contributed by atoms with E-state index in [2.05, 4.69) is 33.7 Å². The average molecular weight is 261 g/mol. The molecule has 1 aromatic rings. The number of nitrogens with one attached hydrogen (secondary N) is 2. The van der Waals surface area contributed by atoms with Crippen molar-refractivity contribution in [2.75, 3.05) is 46.0 Å². The molecule has 0 atom stereocenters. The minimum atomic E-state index is 0.847. The van der Waals surface area contributed by atoms with E-state index in [0.717, 1.165) is 64.6 Å². The summed E-state index contributed by atoms with van der Waals surface area (Å²) in [6, 6.07) is 6.61. The molecule has 104 valence electrons. The first-order valence-electron chi connectivity index (χ1n) is 7.30. The Hall–Kier alpha value is -1.10. The van der Waals surface area contributed by atoms with Crippen LogP contribution in [0, 0.1) is 0 Å². The highest BCUT2D eigenvalue weighted by Gasteiger charge is 2.12. The molecule has 4 heteroatoms. The van der Waals surface area contributed by atoms with Crippen molar-refractivity contribution in [3.05, 3.63) is 29.3 Å². The summed E-state index contributed by atoms with van der Waals surface area (Å²) >= 11 is 0. The third-order valence-corrected chi connectivity index (χ3v) is 3.89. The monoisotopic (exact) mass is 261 g/mol. The molecule has 0 aliphatic carbocycles. The van der Waals surface area contributed by atoms with Crippen LogP contribution in [-0.2, 0) is 12.8 Å². The molecule has 1 saturated heterocycles. The van der Waals surface area contributed by atoms with Crippen molar-refractivity contribution < 1.29 is 4.74 Å². The van der Waals surface area contributed by atoms with Gasteiger partial charge < -0.3 is 15.4 Å². The number of benzene rings is 1. The molecule has 0 bridgehead atoms. The number of rotatable bonds is 5. The maximum absolute atomic E-state index is 5.53. The molecule has 2 heterocycles. The van der Waals surface area contributed by atoms with Gasteiger partial charge in [0.1, 0.15) is 5.75 Å². The zero-order valence-corrected chi connectivity index (χ0v) is 11.5. The lowest BCUT2D eigenvalue weighted by atomic mass is 10.1. The predicted octanol–water partition coefficient (Wildman–Crippen LogP) is 0.616. The largest absolute Gasteiger partial charge is 0.493 e. The van der Waals surface area contributed by atoms with E-state index in [9.17, 15) is 0 Å². The van der Waals surface area contributed by atoms with Gasteiger partial charge in [-0.05, 0) is 23.6 Å². The van der Waals surface area contributed by atoms with Gasteiger partial charge in [0, 0.05) is 45.8 Å². The zero-order chi connectivity index (χ0) is 12.9. The van der Waals surface area contributed by atoms with Crippen LogP contribution in [0.2, 0.25) is 0 Å². The summed E-state index contributed by atoms with van der Waals surface area (Å²) in [5, 5.41) is 6.91. The second-order valence-electron chi connectivity index (χ2n) is 5.32. The van der Waals surface area contributed by atoms with Crippen molar-refractivity contribution in [1.82, 2.24) is 15.5 Å². The minimum absolute atomic E-state index is 0.847. The van der Waals surface area contributed by atoms with Gasteiger partial charge in [0.05, 0.1) is 6.61 Å². The van der Waals surface area contributed by atoms with Gasteiger partial charge in [-0.3, -0.25) is 4.90 Å². The maximum atomic E-state index is 5.53. The van der Waals surface area contributed by atoms with E-state index in [1.165, 1.54) is 11.1 Å². The van der Waals surface area contributed by atoms with Crippen LogP contribution in [0.15, 0.2) is 18.2 Å². The molecule has 1 aromatic carbocycles. The highest BCUT2D eigenvalue weighted by Crippen LogP contribution is 2.25. The third-order valence-electron chi connectivity index (χ3n) is 3.89. The minimum Gasteiger partial charge on any atom is -0.493 e. The number of piperazine rings is 1. The van der Waals surface area contributed by atoms with Crippen molar-refractivity contribution in [3.63, 3.8) is 0 Å². The van der Waals surface area contributed by atoms with Crippen LogP contribution in [0.4, 0.5) is 0 Å². The molecule has 2 aliphatic heterocycles. The maximum Gasteiger partial charge on any atom is 0.122 e. The SMILES string of the molecule is c1cc2c(cc1CCNCN1CCNCC1)CCO2. The molecule has 0 unspecified atom stereocenters. The summed E-state index contributed by atoms with van der Waals surface area (Å²) in [4.78, 5) is 2.47. The fourth-order valence-corrected chi connectivity index (χ4v) is 2.73. The lowest BCUT2D eigenvalue weighted by molar-refractivity contribution is 0.224. The van der Waals surface area contributed by atoms with Crippen molar-refractivity contribution >= 4 is 0 Å². The van der Waals surface area contributed by atoms with E-state index < -0.39 is 0 Å². The summed E-state index contributed by atoms with van der Waals surface area (Å²) in [5.74, 6) is 1.08. The van der Waals surface area contributed by atoms with Crippen molar-refractivity contribution in [1.29, 1.82) is 0 Å². The molecule has 2 aliphatic rings. The van der Waals surface area contributed by atoms with Crippen LogP contribution >= 0.6 is 0 Å². The fraction of sp³-hybridized carbons (Fsp3) is 0.600. The molecule has 0 aromatic heterocycles. The number of hydrogen-bond donors (Lipinski definition) is 2. The van der Waals surface area contributed by atoms with Crippen LogP contribution in [-0.4, -0.2) is 50.9 Å². The molecule has 0 radical (unpaired) electrons. The normalized spacial score (nSPS) is 19.2. The lowest BCUT2D eigenvalue weighted by Crippen LogP contribution is -2.47. The topological polar surface area (TPSA) is 36.5 Å². The first kappa shape index (κ1) is 12.9. The van der Waals surface area contributed by atoms with Gasteiger partial charge in [0.15, 0.2) is 0 Å². The average Bonchev–Trinajstić information content (AvgIpc) is 2.92. The quantitative estimate of drug-likeness (QED) is 0.762. The van der Waals surface area contributed by atoms with E-state index in [0.29, 0.717) is 0 Å². The Morgan fingerprint density at radius 1 is 1.26 bits per heavy atom. The Kier molecular flexibility index (Phi) is 4.33. The smallest absolute Gasteiger partial charge is 0.122 e. The number of hydrogen-bond acceptors (Lipinski definition) is 4. The van der Waals surface area contributed by atoms with Crippen LogP contribution in [0.5, 0.6) is 5.75 Å². The lowest BCUT2D eigenvalue weighted by Gasteiger charge is -2.27. The van der Waals surface area contributed by atoms with Crippen LogP contribution < -0.4 is 15.4 Å². The molecule has 0 spiro atoms. The second-order valence-corrected chi connectivity index (χ2v) is 5.32. The first-order valence-corrected chi connectivity index (χ1v) is 7.30. The number of ether oxygens (including phenoxy) is 1. The third kappa shape index (κ3) is 3.47. The van der Waals surface area contributed by atoms with E-state index >= 15 is 0 Å². The Morgan fingerprint density at radius 3 is 3.05 bits per heavy atom. The van der Waals surface area contributed by atoms with Gasteiger partial charge in [-0.15, -0.1) is 0 Å². The highest BCUT2D eigenvalue weighted by atomic mass is 16.5. The summed E-state index contributed by atoms with van der Waals surface area (Å²) in [6.07, 6.45) is 2.16. The van der Waals surface area contributed by atoms with Crippen molar-refractivity contribution in [3.8, 4) is 5.75 Å². The molecule has 19 heavy (non-hydrogen) atoms. The molecule has 4 nitrogen and oxygen atoms in total. The van der Waals surface area contributed by atoms with Crippen LogP contribution in [0.1, 0.15) is 11.1 Å². The Morgan fingerprint density at radius 2 is 2.16 bits per heavy atom. The summed E-state index contributed by atoms with van der Waals surface area (Å²) in [5.41, 5.74) is 2.79. The molecular formula is C15H23N3O. The summed E-state index contributed by atoms with van der Waals surface area (Å²) in [7, 11) is 0. The second kappa shape index (κ2) is 6.37. The van der Waals surface area contributed by atoms with E-state index in [1.54, 1.807) is 0 Å². The molecular weight excluding hydrogens is 238 g/mol. The van der Waals surface area contributed by atoms with Gasteiger partial charge in [-0.2, -0.15) is 0 Å². The Bertz CT molecular complexity index is 416. The Labute approximate surface area is 115 Å². The molecule has 1 fully saturated rings. The summed E-state index contributed by atoms with van der Waals surface area (Å²) in [6.45, 7) is 7.45. The van der Waals surface area contributed by atoms with Crippen LogP contribution in [0.3, 0.4) is 0 Å². The van der Waals surface area contributed by atoms with E-state index in [-0.39, 0.29) is 0 Å². The highest BCUT2D eigenvalue weighted by molar-refractivity contribution is 5.39. The number of nitrogens with zero attached hydrogens (tertiary/aromatic N) is 1. The zero-order valence-electron chi connectivity index (χ0n) is 11.5. The standard InChI is InChI=1S/C15H23N3O/c1-2-15-14(4-10-19-15)11-13(1)3-5-17-12-18-8-6-16-7-9-18/h1-2,11,16-17H,3-10,12H2. The van der Waals surface area contributed by atoms with Crippen molar-refractivity contribution in [2.45, 2.75) is 12.8 Å². The number of fused-ring (bicyclic) bond motifs is 1. The van der Waals surface area contributed by atoms with Crippen LogP contribution in [0.25, 0.3) is 0 Å². The van der Waals surface area contributed by atoms with Crippen molar-refractivity contribution in [2.24, 2.45) is 0 Å². The van der Waals surface area contributed by atoms with Gasteiger partial charge in [-0.1, -0.05) is 12.1 Å². The molecule has 3 rings (SSSR count). The van der Waals surface area contributed by atoms with Gasteiger partial charge in [0.2, 0.25) is 0 Å². The predicted molar refractivity (Wildman–Crippen MR) is 76.7 cm³/mol. The van der Waals surface area contributed by atoms with Gasteiger partial charge in [0.25, 0.3) is 0 Å². The van der Waals surface area contributed by atoms with E-state index in [4.69, 9.17) is 4.74 Å². The first-order chi connectivity index (χ1) is 9.42. The Balaban J connectivity index is 1.40. The molecule has 0 amide bonds. The summed E-state index contributed by atoms with van der Waals surface area (Å²) < 4.78 is 5.53.